The first-order valence-corrected chi connectivity index (χ1v) is 14.9. The fraction of sp³-hybridized carbons (Fsp3) is 1.00. The Morgan fingerprint density at radius 3 is 0.853 bits per heavy atom. The van der Waals surface area contributed by atoms with E-state index < -0.39 is 0 Å². The second kappa shape index (κ2) is 10.8. The van der Waals surface area contributed by atoms with Crippen LogP contribution in [-0.2, 0) is 0 Å². The molecule has 0 heterocycles. The molecule has 0 saturated heterocycles. The van der Waals surface area contributed by atoms with E-state index in [1.54, 1.807) is 0 Å². The van der Waals surface area contributed by atoms with Gasteiger partial charge in [0, 0.05) is 0 Å². The van der Waals surface area contributed by atoms with Gasteiger partial charge in [-0.2, -0.15) is 0 Å². The molecule has 2 rings (SSSR count). The van der Waals surface area contributed by atoms with E-state index in [1.807, 2.05) is 0 Å². The predicted octanol–water partition coefficient (Wildman–Crippen LogP) is 11.8. The van der Waals surface area contributed by atoms with Crippen LogP contribution in [0.1, 0.15) is 162 Å². The summed E-state index contributed by atoms with van der Waals surface area (Å²) in [6, 6.07) is 0. The molecular formula is C34H68. The van der Waals surface area contributed by atoms with Crippen molar-refractivity contribution in [1.29, 1.82) is 0 Å². The van der Waals surface area contributed by atoms with Gasteiger partial charge in [-0.3, -0.25) is 0 Å². The fourth-order valence-electron chi connectivity index (χ4n) is 9.14. The fourth-order valence-corrected chi connectivity index (χ4v) is 9.14. The van der Waals surface area contributed by atoms with Crippen LogP contribution >= 0.6 is 0 Å². The predicted molar refractivity (Wildman–Crippen MR) is 156 cm³/mol. The Bertz CT molecular complexity index is 523. The van der Waals surface area contributed by atoms with Gasteiger partial charge >= 0.3 is 0 Å². The first kappa shape index (κ1) is 32.0. The number of rotatable bonds is 4. The van der Waals surface area contributed by atoms with Gasteiger partial charge in [0.1, 0.15) is 0 Å². The highest BCUT2D eigenvalue weighted by molar-refractivity contribution is 4.96. The Hall–Kier alpha value is 0. The van der Waals surface area contributed by atoms with E-state index in [-0.39, 0.29) is 0 Å². The maximum absolute atomic E-state index is 2.50. The van der Waals surface area contributed by atoms with Crippen molar-refractivity contribution in [3.63, 3.8) is 0 Å². The molecule has 0 spiro atoms. The normalized spacial score (nSPS) is 32.5. The first-order chi connectivity index (χ1) is 14.9. The van der Waals surface area contributed by atoms with Gasteiger partial charge in [0.25, 0.3) is 0 Å². The molecular weight excluding hydrogens is 408 g/mol. The van der Waals surface area contributed by atoms with Gasteiger partial charge < -0.3 is 0 Å². The second-order valence-corrected chi connectivity index (χ2v) is 18.3. The van der Waals surface area contributed by atoms with E-state index >= 15 is 0 Å². The van der Waals surface area contributed by atoms with E-state index in [0.29, 0.717) is 32.5 Å². The molecule has 0 aliphatic heterocycles. The zero-order valence-electron chi connectivity index (χ0n) is 27.0. The highest BCUT2D eigenvalue weighted by atomic mass is 14.5. The Balaban J connectivity index is 0.000000340. The molecule has 2 aliphatic carbocycles. The lowest BCUT2D eigenvalue weighted by molar-refractivity contribution is -0.0245. The van der Waals surface area contributed by atoms with Gasteiger partial charge in [-0.1, -0.05) is 111 Å². The van der Waals surface area contributed by atoms with Crippen LogP contribution in [0.3, 0.4) is 0 Å². The van der Waals surface area contributed by atoms with Crippen molar-refractivity contribution in [2.75, 3.05) is 0 Å². The van der Waals surface area contributed by atoms with Crippen molar-refractivity contribution < 1.29 is 0 Å². The summed E-state index contributed by atoms with van der Waals surface area (Å²) >= 11 is 0. The lowest BCUT2D eigenvalue weighted by atomic mass is 9.53. The minimum atomic E-state index is 0.481. The van der Waals surface area contributed by atoms with Crippen LogP contribution in [0.25, 0.3) is 0 Å². The van der Waals surface area contributed by atoms with Crippen molar-refractivity contribution in [3.05, 3.63) is 0 Å². The highest BCUT2D eigenvalue weighted by Crippen LogP contribution is 2.56. The molecule has 0 radical (unpaired) electrons. The molecule has 2 aliphatic rings. The summed E-state index contributed by atoms with van der Waals surface area (Å²) in [5.74, 6) is 3.55. The first-order valence-electron chi connectivity index (χ1n) is 14.9. The molecule has 0 atom stereocenters. The summed E-state index contributed by atoms with van der Waals surface area (Å²) in [4.78, 5) is 0. The molecule has 0 unspecified atom stereocenters. The van der Waals surface area contributed by atoms with E-state index in [1.165, 1.54) is 51.4 Å². The van der Waals surface area contributed by atoms with E-state index in [0.717, 1.165) is 23.7 Å². The molecule has 0 aromatic heterocycles. The van der Waals surface area contributed by atoms with Crippen molar-refractivity contribution >= 4 is 0 Å². The maximum atomic E-state index is 2.50. The average Bonchev–Trinajstić information content (AvgIpc) is 2.47. The van der Waals surface area contributed by atoms with E-state index in [9.17, 15) is 0 Å². The van der Waals surface area contributed by atoms with Crippen molar-refractivity contribution in [2.45, 2.75) is 162 Å². The summed E-state index contributed by atoms with van der Waals surface area (Å²) in [5.41, 5.74) is 3.04. The van der Waals surface area contributed by atoms with Gasteiger partial charge in [0.15, 0.2) is 0 Å². The molecule has 2 saturated carbocycles. The quantitative estimate of drug-likeness (QED) is 0.378. The van der Waals surface area contributed by atoms with Gasteiger partial charge in [-0.05, 0) is 108 Å². The average molecular weight is 477 g/mol. The Morgan fingerprint density at radius 2 is 0.676 bits per heavy atom. The third-order valence-corrected chi connectivity index (χ3v) is 9.64. The molecule has 204 valence electrons. The van der Waals surface area contributed by atoms with Gasteiger partial charge in [0.2, 0.25) is 0 Å². The molecule has 0 aromatic carbocycles. The van der Waals surface area contributed by atoms with Crippen molar-refractivity contribution in [1.82, 2.24) is 0 Å². The van der Waals surface area contributed by atoms with Crippen LogP contribution in [0.5, 0.6) is 0 Å². The number of hydrogen-bond donors (Lipinski definition) is 0. The summed E-state index contributed by atoms with van der Waals surface area (Å²) in [7, 11) is 0. The van der Waals surface area contributed by atoms with Crippen LogP contribution in [0.4, 0.5) is 0 Å². The lowest BCUT2D eigenvalue weighted by Crippen LogP contribution is -2.43. The third-order valence-electron chi connectivity index (χ3n) is 9.64. The zero-order chi connectivity index (χ0) is 27.0. The van der Waals surface area contributed by atoms with Gasteiger partial charge in [-0.15, -0.1) is 0 Å². The molecule has 34 heavy (non-hydrogen) atoms. The molecule has 0 nitrogen and oxygen atoms in total. The molecule has 2 fully saturated rings. The van der Waals surface area contributed by atoms with Crippen LogP contribution < -0.4 is 0 Å². The standard InChI is InChI=1S/2C17H34/c2*1-13-11-16(5,6)14(17(7,8)12-13)9-10-15(2,3)4/h2*13-14H,9-12H2,1-8H3. The molecule has 0 bridgehead atoms. The molecule has 0 aromatic rings. The maximum Gasteiger partial charge on any atom is -0.0311 e. The smallest absolute Gasteiger partial charge is 0.0311 e. The van der Waals surface area contributed by atoms with Crippen LogP contribution in [0.15, 0.2) is 0 Å². The topological polar surface area (TPSA) is 0 Å². The summed E-state index contributed by atoms with van der Waals surface area (Å²) in [6.45, 7) is 39.1. The van der Waals surface area contributed by atoms with Gasteiger partial charge in [-0.25, -0.2) is 0 Å². The largest absolute Gasteiger partial charge is 0.0625 e. The zero-order valence-corrected chi connectivity index (χ0v) is 27.0. The SMILES string of the molecule is CC1CC(C)(C)C(CCC(C)(C)C)C(C)(C)C1.CC1CC(C)(C)C(CCC(C)(C)C)C(C)(C)C1. The summed E-state index contributed by atoms with van der Waals surface area (Å²) < 4.78 is 0. The van der Waals surface area contributed by atoms with Crippen LogP contribution in [0.2, 0.25) is 0 Å². The molecule has 0 amide bonds. The third kappa shape index (κ3) is 9.81. The Morgan fingerprint density at radius 1 is 0.471 bits per heavy atom. The van der Waals surface area contributed by atoms with Crippen LogP contribution in [-0.4, -0.2) is 0 Å². The molecule has 0 N–H and O–H groups in total. The minimum absolute atomic E-state index is 0.481. The number of hydrogen-bond acceptors (Lipinski definition) is 0. The Labute approximate surface area is 218 Å². The lowest BCUT2D eigenvalue weighted by Gasteiger charge is -2.52. The van der Waals surface area contributed by atoms with Gasteiger partial charge in [0.05, 0.1) is 0 Å². The van der Waals surface area contributed by atoms with Crippen molar-refractivity contribution in [2.24, 2.45) is 56.2 Å². The minimum Gasteiger partial charge on any atom is -0.0625 e. The summed E-state index contributed by atoms with van der Waals surface area (Å²) in [6.07, 6.45) is 11.2. The Kier molecular flexibility index (Phi) is 10.2. The van der Waals surface area contributed by atoms with Crippen molar-refractivity contribution in [3.8, 4) is 0 Å². The molecule has 0 heteroatoms. The monoisotopic (exact) mass is 477 g/mol. The van der Waals surface area contributed by atoms with Crippen LogP contribution in [0, 0.1) is 56.2 Å². The van der Waals surface area contributed by atoms with E-state index in [4.69, 9.17) is 0 Å². The highest BCUT2D eigenvalue weighted by Gasteiger charge is 2.47. The second-order valence-electron chi connectivity index (χ2n) is 18.3. The van der Waals surface area contributed by atoms with E-state index in [2.05, 4.69) is 111 Å². The summed E-state index contributed by atoms with van der Waals surface area (Å²) in [5, 5.41) is 0.